The zero-order valence-corrected chi connectivity index (χ0v) is 12.0. The summed E-state index contributed by atoms with van der Waals surface area (Å²) in [5.74, 6) is -0.948. The normalized spacial score (nSPS) is 17.1. The molecule has 1 amide bonds. The number of aryl methyl sites for hydroxylation is 1. The van der Waals surface area contributed by atoms with E-state index in [1.165, 1.54) is 0 Å². The van der Waals surface area contributed by atoms with Gasteiger partial charge in [-0.3, -0.25) is 14.3 Å². The van der Waals surface area contributed by atoms with Gasteiger partial charge in [-0.2, -0.15) is 5.10 Å². The quantitative estimate of drug-likeness (QED) is 0.884. The second-order valence-electron chi connectivity index (χ2n) is 5.74. The average Bonchev–Trinajstić information content (AvgIpc) is 2.99. The Morgan fingerprint density at radius 1 is 1.45 bits per heavy atom. The lowest BCUT2D eigenvalue weighted by Crippen LogP contribution is -2.36. The Morgan fingerprint density at radius 2 is 2.10 bits per heavy atom. The molecule has 1 aromatic rings. The maximum atomic E-state index is 12.3. The van der Waals surface area contributed by atoms with Crippen LogP contribution in [0.4, 0.5) is 0 Å². The molecule has 0 saturated heterocycles. The summed E-state index contributed by atoms with van der Waals surface area (Å²) in [6, 6.07) is 0. The summed E-state index contributed by atoms with van der Waals surface area (Å²) in [7, 11) is 3.53. The molecular weight excluding hydrogens is 258 g/mol. The van der Waals surface area contributed by atoms with Crippen molar-refractivity contribution < 1.29 is 14.7 Å². The number of rotatable bonds is 5. The fraction of sp³-hybridized carbons (Fsp3) is 0.643. The largest absolute Gasteiger partial charge is 0.481 e. The van der Waals surface area contributed by atoms with Crippen LogP contribution in [0.1, 0.15) is 37.7 Å². The Bertz CT molecular complexity index is 504. The van der Waals surface area contributed by atoms with E-state index in [1.807, 2.05) is 13.2 Å². The summed E-state index contributed by atoms with van der Waals surface area (Å²) in [6.07, 6.45) is 6.67. The van der Waals surface area contributed by atoms with Crippen molar-refractivity contribution in [2.45, 2.75) is 38.6 Å². The highest BCUT2D eigenvalue weighted by molar-refractivity contribution is 5.85. The molecule has 6 nitrogen and oxygen atoms in total. The number of nitrogens with zero attached hydrogens (tertiary/aromatic N) is 3. The highest BCUT2D eigenvalue weighted by Gasteiger charge is 2.43. The van der Waals surface area contributed by atoms with Crippen LogP contribution in [0.3, 0.4) is 0 Å². The summed E-state index contributed by atoms with van der Waals surface area (Å²) < 4.78 is 1.68. The first kappa shape index (κ1) is 14.6. The summed E-state index contributed by atoms with van der Waals surface area (Å²) in [5, 5.41) is 13.5. The van der Waals surface area contributed by atoms with Crippen molar-refractivity contribution >= 4 is 11.9 Å². The van der Waals surface area contributed by atoms with Crippen molar-refractivity contribution in [2.24, 2.45) is 12.5 Å². The standard InChI is InChI=1S/C14H21N3O3/c1-16(9-11-8-15-17(2)10-11)12(18)7-14(13(19)20)5-3-4-6-14/h8,10H,3-7,9H2,1-2H3,(H,19,20). The van der Waals surface area contributed by atoms with Crippen LogP contribution >= 0.6 is 0 Å². The first-order valence-corrected chi connectivity index (χ1v) is 6.88. The molecule has 0 radical (unpaired) electrons. The van der Waals surface area contributed by atoms with Crippen molar-refractivity contribution in [2.75, 3.05) is 7.05 Å². The van der Waals surface area contributed by atoms with Gasteiger partial charge in [0.05, 0.1) is 11.6 Å². The monoisotopic (exact) mass is 279 g/mol. The van der Waals surface area contributed by atoms with Crippen molar-refractivity contribution in [1.29, 1.82) is 0 Å². The minimum atomic E-state index is -0.847. The maximum Gasteiger partial charge on any atom is 0.310 e. The van der Waals surface area contributed by atoms with E-state index in [2.05, 4.69) is 5.10 Å². The van der Waals surface area contributed by atoms with Crippen LogP contribution in [-0.2, 0) is 23.2 Å². The molecule has 1 fully saturated rings. The highest BCUT2D eigenvalue weighted by atomic mass is 16.4. The molecule has 1 aliphatic rings. The van der Waals surface area contributed by atoms with E-state index in [1.54, 1.807) is 22.8 Å². The molecule has 0 unspecified atom stereocenters. The van der Waals surface area contributed by atoms with Gasteiger partial charge in [0.1, 0.15) is 0 Å². The molecule has 1 heterocycles. The Labute approximate surface area is 118 Å². The number of carboxylic acid groups (broad SMARTS) is 1. The zero-order chi connectivity index (χ0) is 14.8. The Balaban J connectivity index is 1.98. The van der Waals surface area contributed by atoms with Gasteiger partial charge in [0.15, 0.2) is 0 Å². The zero-order valence-electron chi connectivity index (χ0n) is 12.0. The van der Waals surface area contributed by atoms with E-state index in [9.17, 15) is 14.7 Å². The molecule has 110 valence electrons. The number of hydrogen-bond acceptors (Lipinski definition) is 3. The minimum Gasteiger partial charge on any atom is -0.481 e. The molecule has 20 heavy (non-hydrogen) atoms. The number of carboxylic acids is 1. The predicted molar refractivity (Wildman–Crippen MR) is 72.8 cm³/mol. The summed E-state index contributed by atoms with van der Waals surface area (Å²) in [6.45, 7) is 0.461. The smallest absolute Gasteiger partial charge is 0.310 e. The Hall–Kier alpha value is -1.85. The third kappa shape index (κ3) is 3.00. The van der Waals surface area contributed by atoms with E-state index in [4.69, 9.17) is 0 Å². The number of hydrogen-bond donors (Lipinski definition) is 1. The van der Waals surface area contributed by atoms with Gasteiger partial charge < -0.3 is 10.0 Å². The topological polar surface area (TPSA) is 75.4 Å². The van der Waals surface area contributed by atoms with Crippen LogP contribution < -0.4 is 0 Å². The Kier molecular flexibility index (Phi) is 4.11. The van der Waals surface area contributed by atoms with Crippen molar-refractivity contribution in [3.63, 3.8) is 0 Å². The average molecular weight is 279 g/mol. The predicted octanol–water partition coefficient (Wildman–Crippen LogP) is 1.41. The molecule has 0 aromatic carbocycles. The fourth-order valence-electron chi connectivity index (χ4n) is 2.86. The lowest BCUT2D eigenvalue weighted by atomic mass is 9.82. The molecule has 0 aliphatic heterocycles. The van der Waals surface area contributed by atoms with Gasteiger partial charge in [-0.15, -0.1) is 0 Å². The van der Waals surface area contributed by atoms with E-state index >= 15 is 0 Å². The van der Waals surface area contributed by atoms with Crippen LogP contribution in [0.25, 0.3) is 0 Å². The molecule has 0 bridgehead atoms. The van der Waals surface area contributed by atoms with Gasteiger partial charge in [0, 0.05) is 38.8 Å². The van der Waals surface area contributed by atoms with Crippen LogP contribution in [0, 0.1) is 5.41 Å². The molecule has 1 aromatic heterocycles. The molecule has 1 aliphatic carbocycles. The van der Waals surface area contributed by atoms with E-state index in [-0.39, 0.29) is 12.3 Å². The van der Waals surface area contributed by atoms with Crippen molar-refractivity contribution in [1.82, 2.24) is 14.7 Å². The number of aromatic nitrogens is 2. The first-order valence-electron chi connectivity index (χ1n) is 6.88. The van der Waals surface area contributed by atoms with Crippen molar-refractivity contribution in [3.05, 3.63) is 18.0 Å². The molecular formula is C14H21N3O3. The van der Waals surface area contributed by atoms with Crippen LogP contribution in [-0.4, -0.2) is 38.7 Å². The maximum absolute atomic E-state index is 12.3. The second-order valence-corrected chi connectivity index (χ2v) is 5.74. The summed E-state index contributed by atoms with van der Waals surface area (Å²) >= 11 is 0. The van der Waals surface area contributed by atoms with Crippen LogP contribution in [0.5, 0.6) is 0 Å². The molecule has 0 spiro atoms. The minimum absolute atomic E-state index is 0.0963. The third-order valence-corrected chi connectivity index (χ3v) is 4.11. The van der Waals surface area contributed by atoms with Crippen molar-refractivity contribution in [3.8, 4) is 0 Å². The molecule has 1 saturated carbocycles. The van der Waals surface area contributed by atoms with E-state index in [0.29, 0.717) is 19.4 Å². The van der Waals surface area contributed by atoms with Gasteiger partial charge in [-0.1, -0.05) is 12.8 Å². The van der Waals surface area contributed by atoms with E-state index in [0.717, 1.165) is 18.4 Å². The number of carbonyl (C=O) groups is 2. The summed E-state index contributed by atoms with van der Waals surface area (Å²) in [5.41, 5.74) is 0.0967. The van der Waals surface area contributed by atoms with Gasteiger partial charge in [0.25, 0.3) is 0 Å². The van der Waals surface area contributed by atoms with Gasteiger partial charge in [-0.25, -0.2) is 0 Å². The van der Waals surface area contributed by atoms with Crippen LogP contribution in [0.15, 0.2) is 12.4 Å². The Morgan fingerprint density at radius 3 is 2.60 bits per heavy atom. The SMILES string of the molecule is CN(Cc1cnn(C)c1)C(=O)CC1(C(=O)O)CCCC1. The molecule has 1 N–H and O–H groups in total. The lowest BCUT2D eigenvalue weighted by Gasteiger charge is -2.26. The van der Waals surface area contributed by atoms with Gasteiger partial charge in [-0.05, 0) is 12.8 Å². The number of amides is 1. The van der Waals surface area contributed by atoms with Gasteiger partial charge in [0.2, 0.25) is 5.91 Å². The molecule has 2 rings (SSSR count). The lowest BCUT2D eigenvalue weighted by molar-refractivity contribution is -0.153. The number of aliphatic carboxylic acids is 1. The van der Waals surface area contributed by atoms with E-state index < -0.39 is 11.4 Å². The fourth-order valence-corrected chi connectivity index (χ4v) is 2.86. The molecule has 0 atom stereocenters. The third-order valence-electron chi connectivity index (χ3n) is 4.11. The highest BCUT2D eigenvalue weighted by Crippen LogP contribution is 2.41. The summed E-state index contributed by atoms with van der Waals surface area (Å²) in [4.78, 5) is 25.3. The molecule has 6 heteroatoms. The second kappa shape index (κ2) is 5.64. The van der Waals surface area contributed by atoms with Gasteiger partial charge >= 0.3 is 5.97 Å². The van der Waals surface area contributed by atoms with Crippen LogP contribution in [0.2, 0.25) is 0 Å². The number of carbonyl (C=O) groups excluding carboxylic acids is 1. The first-order chi connectivity index (χ1) is 9.43.